The number of aryl methyl sites for hydroxylation is 1. The highest BCUT2D eigenvalue weighted by atomic mass is 32.1. The van der Waals surface area contributed by atoms with E-state index in [1.165, 1.54) is 0 Å². The molecule has 0 saturated carbocycles. The molecule has 6 nitrogen and oxygen atoms in total. The molecule has 2 aromatic carbocycles. The number of ether oxygens (including phenoxy) is 2. The summed E-state index contributed by atoms with van der Waals surface area (Å²) in [5, 5.41) is 7.82. The number of hydrazone groups is 1. The normalized spacial score (nSPS) is 16.3. The zero-order valence-corrected chi connectivity index (χ0v) is 16.9. The quantitative estimate of drug-likeness (QED) is 0.685. The Morgan fingerprint density at radius 2 is 1.96 bits per heavy atom. The van der Waals surface area contributed by atoms with E-state index >= 15 is 0 Å². The van der Waals surface area contributed by atoms with Crippen molar-refractivity contribution < 1.29 is 9.47 Å². The molecule has 1 unspecified atom stereocenters. The van der Waals surface area contributed by atoms with Gasteiger partial charge in [0.1, 0.15) is 11.5 Å². The Kier molecular flexibility index (Phi) is 4.68. The number of para-hydroxylation sites is 1. The highest BCUT2D eigenvalue weighted by Crippen LogP contribution is 2.39. The smallest absolute Gasteiger partial charge is 0.187 e. The molecule has 0 spiro atoms. The zero-order valence-electron chi connectivity index (χ0n) is 16.0. The molecule has 4 rings (SSSR count). The van der Waals surface area contributed by atoms with Crippen LogP contribution in [-0.2, 0) is 7.05 Å². The highest BCUT2D eigenvalue weighted by molar-refractivity contribution is 7.80. The van der Waals surface area contributed by atoms with Gasteiger partial charge in [0.15, 0.2) is 5.11 Å². The predicted molar refractivity (Wildman–Crippen MR) is 115 cm³/mol. The van der Waals surface area contributed by atoms with Crippen LogP contribution in [0.4, 0.5) is 0 Å². The second-order valence-electron chi connectivity index (χ2n) is 6.73. The van der Waals surface area contributed by atoms with E-state index in [9.17, 15) is 0 Å². The number of nitrogens with zero attached hydrogens (tertiary/aromatic N) is 3. The molecule has 28 heavy (non-hydrogen) atoms. The Hall–Kier alpha value is -3.06. The van der Waals surface area contributed by atoms with Gasteiger partial charge in [-0.1, -0.05) is 12.1 Å². The first-order valence-electron chi connectivity index (χ1n) is 8.96. The van der Waals surface area contributed by atoms with Gasteiger partial charge in [0.25, 0.3) is 0 Å². The van der Waals surface area contributed by atoms with E-state index in [1.807, 2.05) is 43.4 Å². The number of methoxy groups -OCH3 is 2. The molecular weight excluding hydrogens is 372 g/mol. The Labute approximate surface area is 169 Å². The van der Waals surface area contributed by atoms with Crippen molar-refractivity contribution in [3.8, 4) is 11.5 Å². The first kappa shape index (κ1) is 18.3. The van der Waals surface area contributed by atoms with Crippen LogP contribution in [0, 0.1) is 0 Å². The third-order valence-electron chi connectivity index (χ3n) is 5.14. The zero-order chi connectivity index (χ0) is 19.8. The van der Waals surface area contributed by atoms with Crippen LogP contribution in [-0.4, -0.2) is 34.6 Å². The number of benzene rings is 2. The minimum Gasteiger partial charge on any atom is -0.497 e. The topological polar surface area (TPSA) is 65.0 Å². The lowest BCUT2D eigenvalue weighted by molar-refractivity contribution is 0.374. The highest BCUT2D eigenvalue weighted by Gasteiger charge is 2.33. The number of hydrogen-bond acceptors (Lipinski definition) is 4. The molecule has 0 amide bonds. The molecule has 1 aliphatic rings. The molecule has 3 aromatic rings. The summed E-state index contributed by atoms with van der Waals surface area (Å²) < 4.78 is 13.0. The van der Waals surface area contributed by atoms with Gasteiger partial charge in [-0.15, -0.1) is 0 Å². The van der Waals surface area contributed by atoms with Gasteiger partial charge in [-0.25, -0.2) is 5.01 Å². The lowest BCUT2D eigenvalue weighted by Gasteiger charge is -2.21. The molecule has 0 radical (unpaired) electrons. The molecule has 0 aliphatic carbocycles. The average Bonchev–Trinajstić information content (AvgIpc) is 3.29. The van der Waals surface area contributed by atoms with E-state index in [1.54, 1.807) is 19.2 Å². The van der Waals surface area contributed by atoms with E-state index in [0.29, 0.717) is 6.42 Å². The number of nitrogens with two attached hydrogens (primary N) is 1. The van der Waals surface area contributed by atoms with E-state index < -0.39 is 0 Å². The van der Waals surface area contributed by atoms with E-state index in [2.05, 4.69) is 16.8 Å². The second kappa shape index (κ2) is 7.16. The van der Waals surface area contributed by atoms with Crippen LogP contribution >= 0.6 is 12.2 Å². The minimum atomic E-state index is -0.0896. The van der Waals surface area contributed by atoms with Crippen LogP contribution in [0.3, 0.4) is 0 Å². The molecular formula is C21H22N4O2S. The number of fused-ring (bicyclic) bond motifs is 1. The number of thiocarbonyl (C=S) groups is 1. The van der Waals surface area contributed by atoms with Crippen LogP contribution in [0.25, 0.3) is 10.9 Å². The van der Waals surface area contributed by atoms with Crippen LogP contribution in [0.15, 0.2) is 53.8 Å². The van der Waals surface area contributed by atoms with Gasteiger partial charge >= 0.3 is 0 Å². The fraction of sp³-hybridized carbons (Fsp3) is 0.238. The molecule has 0 saturated heterocycles. The lowest BCUT2D eigenvalue weighted by atomic mass is 9.97. The largest absolute Gasteiger partial charge is 0.497 e. The van der Waals surface area contributed by atoms with Crippen molar-refractivity contribution in [2.24, 2.45) is 17.9 Å². The first-order valence-corrected chi connectivity index (χ1v) is 9.36. The van der Waals surface area contributed by atoms with Gasteiger partial charge < -0.3 is 19.8 Å². The van der Waals surface area contributed by atoms with Crippen LogP contribution in [0.5, 0.6) is 11.5 Å². The summed E-state index contributed by atoms with van der Waals surface area (Å²) in [6.45, 7) is 0. The third-order valence-corrected chi connectivity index (χ3v) is 5.33. The summed E-state index contributed by atoms with van der Waals surface area (Å²) in [4.78, 5) is 0. The molecule has 1 atom stereocenters. The number of hydrogen-bond donors (Lipinski definition) is 1. The van der Waals surface area contributed by atoms with Gasteiger partial charge in [0.05, 0.1) is 26.0 Å². The van der Waals surface area contributed by atoms with Crippen molar-refractivity contribution in [1.29, 1.82) is 0 Å². The molecule has 0 fully saturated rings. The molecule has 1 aliphatic heterocycles. The molecule has 2 N–H and O–H groups in total. The van der Waals surface area contributed by atoms with Gasteiger partial charge in [-0.3, -0.25) is 0 Å². The fourth-order valence-corrected chi connectivity index (χ4v) is 3.96. The Morgan fingerprint density at radius 3 is 2.68 bits per heavy atom. The van der Waals surface area contributed by atoms with Gasteiger partial charge in [0.2, 0.25) is 0 Å². The summed E-state index contributed by atoms with van der Waals surface area (Å²) in [6.07, 6.45) is 2.79. The maximum Gasteiger partial charge on any atom is 0.187 e. The molecule has 144 valence electrons. The van der Waals surface area contributed by atoms with Gasteiger partial charge in [0, 0.05) is 41.7 Å². The SMILES string of the molecule is COc1ccc2c(c1)c(C1CC(c3ccccc3OC)=NN1C(N)=S)cn2C. The van der Waals surface area contributed by atoms with E-state index in [0.717, 1.165) is 39.2 Å². The van der Waals surface area contributed by atoms with Crippen LogP contribution < -0.4 is 15.2 Å². The maximum absolute atomic E-state index is 6.03. The first-order chi connectivity index (χ1) is 13.5. The summed E-state index contributed by atoms with van der Waals surface area (Å²) >= 11 is 5.31. The molecule has 1 aromatic heterocycles. The Bertz CT molecular complexity index is 1090. The number of aromatic nitrogens is 1. The van der Waals surface area contributed by atoms with Crippen LogP contribution in [0.2, 0.25) is 0 Å². The van der Waals surface area contributed by atoms with Crippen molar-refractivity contribution in [1.82, 2.24) is 9.58 Å². The predicted octanol–water partition coefficient (Wildman–Crippen LogP) is 3.59. The fourth-order valence-electron chi connectivity index (χ4n) is 3.80. The van der Waals surface area contributed by atoms with Gasteiger partial charge in [-0.05, 0) is 42.5 Å². The monoisotopic (exact) mass is 394 g/mol. The minimum absolute atomic E-state index is 0.0896. The Morgan fingerprint density at radius 1 is 1.18 bits per heavy atom. The average molecular weight is 395 g/mol. The van der Waals surface area contributed by atoms with Crippen molar-refractivity contribution >= 4 is 33.9 Å². The van der Waals surface area contributed by atoms with Crippen molar-refractivity contribution in [3.63, 3.8) is 0 Å². The van der Waals surface area contributed by atoms with Crippen molar-refractivity contribution in [2.75, 3.05) is 14.2 Å². The summed E-state index contributed by atoms with van der Waals surface area (Å²) in [6, 6.07) is 13.8. The van der Waals surface area contributed by atoms with Crippen LogP contribution in [0.1, 0.15) is 23.6 Å². The van der Waals surface area contributed by atoms with Crippen molar-refractivity contribution in [2.45, 2.75) is 12.5 Å². The maximum atomic E-state index is 6.03. The standard InChI is InChI=1S/C21H22N4O2S/c1-24-12-16(15-10-13(26-2)8-9-18(15)24)19-11-17(23-25(19)21(22)28)14-6-4-5-7-20(14)27-3/h4-10,12,19H,11H2,1-3H3,(H2,22,28). The van der Waals surface area contributed by atoms with E-state index in [4.69, 9.17) is 32.5 Å². The summed E-state index contributed by atoms with van der Waals surface area (Å²) in [5.41, 5.74) is 10.1. The van der Waals surface area contributed by atoms with Gasteiger partial charge in [-0.2, -0.15) is 5.10 Å². The second-order valence-corrected chi connectivity index (χ2v) is 7.15. The molecule has 0 bridgehead atoms. The summed E-state index contributed by atoms with van der Waals surface area (Å²) in [7, 11) is 5.36. The van der Waals surface area contributed by atoms with Crippen molar-refractivity contribution in [3.05, 3.63) is 59.8 Å². The molecule has 2 heterocycles. The Balaban J connectivity index is 1.81. The molecule has 7 heteroatoms. The number of rotatable bonds is 4. The van der Waals surface area contributed by atoms with E-state index in [-0.39, 0.29) is 11.2 Å². The third kappa shape index (κ3) is 2.97. The lowest BCUT2D eigenvalue weighted by Crippen LogP contribution is -2.31. The summed E-state index contributed by atoms with van der Waals surface area (Å²) in [5.74, 6) is 1.59.